The maximum Gasteiger partial charge on any atom is 0.434 e. The number of ether oxygens (including phenoxy) is 1. The Morgan fingerprint density at radius 1 is 1.11 bits per heavy atom. The molecule has 5 rings (SSSR count). The lowest BCUT2D eigenvalue weighted by Crippen LogP contribution is -2.21. The number of carbonyl (C=O) groups excluding carboxylic acids is 2. The van der Waals surface area contributed by atoms with Crippen molar-refractivity contribution < 1.29 is 27.5 Å². The van der Waals surface area contributed by atoms with Crippen molar-refractivity contribution in [2.75, 3.05) is 7.11 Å². The predicted octanol–water partition coefficient (Wildman–Crippen LogP) is 2.77. The molecule has 2 aromatic carbocycles. The summed E-state index contributed by atoms with van der Waals surface area (Å²) < 4.78 is 49.0. The Balaban J connectivity index is 1.77. The highest BCUT2D eigenvalue weighted by atomic mass is 19.4. The summed E-state index contributed by atoms with van der Waals surface area (Å²) in [7, 11) is 1.56. The van der Waals surface area contributed by atoms with Crippen LogP contribution in [0, 0.1) is 0 Å². The van der Waals surface area contributed by atoms with Crippen LogP contribution in [0.15, 0.2) is 54.9 Å². The van der Waals surface area contributed by atoms with Gasteiger partial charge in [0.25, 0.3) is 5.91 Å². The van der Waals surface area contributed by atoms with Crippen LogP contribution < -0.4 is 15.8 Å². The molecule has 3 aromatic heterocycles. The molecule has 0 radical (unpaired) electrons. The molecule has 0 aliphatic carbocycles. The number of primary amides is 1. The summed E-state index contributed by atoms with van der Waals surface area (Å²) in [5, 5.41) is 5.34. The first-order chi connectivity index (χ1) is 16.7. The van der Waals surface area contributed by atoms with E-state index in [2.05, 4.69) is 10.1 Å². The lowest BCUT2D eigenvalue weighted by Gasteiger charge is -2.13. The number of rotatable bonds is 5. The van der Waals surface area contributed by atoms with Crippen molar-refractivity contribution >= 4 is 33.5 Å². The topological polar surface area (TPSA) is 105 Å². The van der Waals surface area contributed by atoms with Crippen molar-refractivity contribution in [2.24, 2.45) is 5.73 Å². The van der Waals surface area contributed by atoms with E-state index in [0.29, 0.717) is 38.7 Å². The average molecular weight is 479 g/mol. The van der Waals surface area contributed by atoms with Crippen LogP contribution in [-0.2, 0) is 17.5 Å². The number of carbonyl (C=O) groups is 1. The van der Waals surface area contributed by atoms with Crippen LogP contribution in [0.4, 0.5) is 13.2 Å². The van der Waals surface area contributed by atoms with Gasteiger partial charge in [0.1, 0.15) is 11.1 Å². The minimum absolute atomic E-state index is 0.151. The lowest BCUT2D eigenvalue weighted by atomic mass is 10.1. The zero-order chi connectivity index (χ0) is 24.9. The molecule has 0 saturated carbocycles. The summed E-state index contributed by atoms with van der Waals surface area (Å²) in [6, 6.07) is 12.1. The van der Waals surface area contributed by atoms with Gasteiger partial charge in [-0.3, -0.25) is 4.79 Å². The largest absolute Gasteiger partial charge is 0.497 e. The van der Waals surface area contributed by atoms with Crippen LogP contribution in [0.1, 0.15) is 21.6 Å². The van der Waals surface area contributed by atoms with E-state index in [1.54, 1.807) is 42.0 Å². The first-order valence-electron chi connectivity index (χ1n) is 10.3. The van der Waals surface area contributed by atoms with Crippen LogP contribution in [0.5, 0.6) is 5.75 Å². The molecule has 11 heteroatoms. The molecule has 0 saturated heterocycles. The summed E-state index contributed by atoms with van der Waals surface area (Å²) in [4.78, 5) is 27.9. The number of aromatic nitrogens is 4. The van der Waals surface area contributed by atoms with Crippen molar-refractivity contribution in [3.8, 4) is 11.6 Å². The molecule has 1 amide bonds. The number of alkyl halides is 3. The van der Waals surface area contributed by atoms with E-state index in [4.69, 9.17) is 10.5 Å². The van der Waals surface area contributed by atoms with Crippen molar-refractivity contribution in [3.63, 3.8) is 0 Å². The van der Waals surface area contributed by atoms with Gasteiger partial charge in [0, 0.05) is 22.7 Å². The molecule has 2 N–H and O–H groups in total. The van der Waals surface area contributed by atoms with Gasteiger partial charge in [-0.15, -0.1) is 0 Å². The number of amides is 1. The predicted molar refractivity (Wildman–Crippen MR) is 120 cm³/mol. The quantitative estimate of drug-likeness (QED) is 0.418. The third kappa shape index (κ3) is 3.49. The number of hydrogen-bond donors (Lipinski definition) is 1. The fourth-order valence-electron chi connectivity index (χ4n) is 4.26. The molecule has 0 fully saturated rings. The fourth-order valence-corrected chi connectivity index (χ4v) is 4.26. The first kappa shape index (κ1) is 22.2. The van der Waals surface area contributed by atoms with E-state index in [1.165, 1.54) is 6.20 Å². The summed E-state index contributed by atoms with van der Waals surface area (Å²) in [6.45, 7) is 0.292. The van der Waals surface area contributed by atoms with Gasteiger partial charge in [-0.1, -0.05) is 30.3 Å². The number of benzene rings is 2. The van der Waals surface area contributed by atoms with Crippen LogP contribution in [0.25, 0.3) is 27.5 Å². The van der Waals surface area contributed by atoms with Gasteiger partial charge >= 0.3 is 6.18 Å². The normalized spacial score (nSPS) is 11.8. The SMILES string of the molecule is COc1ccc(Cn2c(=C=O)c3cccc4c(-n5ncc(C(N)=O)c5C(F)(F)F)ncc2c43)cc1. The first-order valence-corrected chi connectivity index (χ1v) is 10.3. The molecule has 35 heavy (non-hydrogen) atoms. The van der Waals surface area contributed by atoms with E-state index in [1.807, 2.05) is 18.1 Å². The zero-order valence-corrected chi connectivity index (χ0v) is 18.1. The Labute approximate surface area is 195 Å². The monoisotopic (exact) mass is 479 g/mol. The summed E-state index contributed by atoms with van der Waals surface area (Å²) in [5.74, 6) is 1.22. The Bertz CT molecular complexity index is 1680. The van der Waals surface area contributed by atoms with E-state index >= 15 is 0 Å². The molecule has 0 unspecified atom stereocenters. The second-order valence-corrected chi connectivity index (χ2v) is 7.76. The number of hydrogen-bond acceptors (Lipinski definition) is 5. The Kier molecular flexibility index (Phi) is 5.07. The van der Waals surface area contributed by atoms with Gasteiger partial charge in [-0.05, 0) is 17.7 Å². The van der Waals surface area contributed by atoms with Crippen molar-refractivity contribution in [3.05, 3.63) is 77.0 Å². The molecular formula is C24H16F3N5O3. The lowest BCUT2D eigenvalue weighted by molar-refractivity contribution is -0.143. The summed E-state index contributed by atoms with van der Waals surface area (Å²) >= 11 is 0. The van der Waals surface area contributed by atoms with E-state index in [9.17, 15) is 22.8 Å². The molecule has 0 aliphatic rings. The highest BCUT2D eigenvalue weighted by Crippen LogP contribution is 2.36. The molecule has 8 nitrogen and oxygen atoms in total. The highest BCUT2D eigenvalue weighted by molar-refractivity contribution is 6.12. The minimum Gasteiger partial charge on any atom is -0.497 e. The Morgan fingerprint density at radius 3 is 2.46 bits per heavy atom. The van der Waals surface area contributed by atoms with Gasteiger partial charge in [-0.25, -0.2) is 14.5 Å². The van der Waals surface area contributed by atoms with Crippen molar-refractivity contribution in [1.82, 2.24) is 19.3 Å². The van der Waals surface area contributed by atoms with Crippen LogP contribution in [0.2, 0.25) is 0 Å². The number of pyridine rings is 1. The second kappa shape index (κ2) is 8.00. The van der Waals surface area contributed by atoms with Crippen molar-refractivity contribution in [1.29, 1.82) is 0 Å². The Morgan fingerprint density at radius 2 is 1.83 bits per heavy atom. The number of nitrogens with two attached hydrogens (primary N) is 1. The molecule has 0 aliphatic heterocycles. The van der Waals surface area contributed by atoms with Crippen LogP contribution in [0.3, 0.4) is 0 Å². The van der Waals surface area contributed by atoms with Gasteiger partial charge in [0.15, 0.2) is 17.5 Å². The van der Waals surface area contributed by atoms with E-state index < -0.39 is 23.3 Å². The Hall–Kier alpha value is -4.63. The number of methoxy groups -OCH3 is 1. The molecular weight excluding hydrogens is 463 g/mol. The average Bonchev–Trinajstić information content (AvgIpc) is 3.41. The highest BCUT2D eigenvalue weighted by Gasteiger charge is 2.40. The standard InChI is InChI=1S/C24H16F3N5O3/c1-35-14-7-5-13(6-8-14)11-31-18-10-29-23(16-4-2-3-15(20(16)18)19(31)12-33)32-21(24(25,26)27)17(9-30-32)22(28)34/h2-10H,11H2,1H3,(H2,28,34). The van der Waals surface area contributed by atoms with E-state index in [-0.39, 0.29) is 11.2 Å². The van der Waals surface area contributed by atoms with Gasteiger partial charge in [0.2, 0.25) is 0 Å². The van der Waals surface area contributed by atoms with Gasteiger partial charge < -0.3 is 15.0 Å². The summed E-state index contributed by atoms with van der Waals surface area (Å²) in [6.07, 6.45) is -2.77. The fraction of sp³-hybridized carbons (Fsp3) is 0.125. The number of nitrogens with zero attached hydrogens (tertiary/aromatic N) is 4. The maximum atomic E-state index is 13.9. The molecule has 0 atom stereocenters. The molecule has 176 valence electrons. The maximum absolute atomic E-state index is 13.9. The number of halogens is 3. The minimum atomic E-state index is -4.92. The smallest absolute Gasteiger partial charge is 0.434 e. The third-order valence-electron chi connectivity index (χ3n) is 5.79. The summed E-state index contributed by atoms with van der Waals surface area (Å²) in [5.41, 5.74) is 4.45. The van der Waals surface area contributed by atoms with Crippen LogP contribution in [-0.4, -0.2) is 38.3 Å². The van der Waals surface area contributed by atoms with Gasteiger partial charge in [0.05, 0.1) is 30.6 Å². The van der Waals surface area contributed by atoms with E-state index in [0.717, 1.165) is 11.8 Å². The third-order valence-corrected chi connectivity index (χ3v) is 5.79. The molecule has 0 bridgehead atoms. The second-order valence-electron chi connectivity index (χ2n) is 7.76. The van der Waals surface area contributed by atoms with Crippen molar-refractivity contribution in [2.45, 2.75) is 12.7 Å². The van der Waals surface area contributed by atoms with Gasteiger partial charge in [-0.2, -0.15) is 18.3 Å². The molecule has 0 spiro atoms. The zero-order valence-electron chi connectivity index (χ0n) is 18.1. The molecule has 3 heterocycles. The van der Waals surface area contributed by atoms with Crippen LogP contribution >= 0.6 is 0 Å². The molecule has 5 aromatic rings.